The van der Waals surface area contributed by atoms with Crippen LogP contribution in [0.3, 0.4) is 0 Å². The van der Waals surface area contributed by atoms with Crippen molar-refractivity contribution in [2.45, 2.75) is 40.7 Å². The van der Waals surface area contributed by atoms with E-state index >= 15 is 0 Å². The second-order valence-electron chi connectivity index (χ2n) is 8.92. The first-order chi connectivity index (χ1) is 15.3. The van der Waals surface area contributed by atoms with Crippen LogP contribution in [0, 0.1) is 19.8 Å². The second kappa shape index (κ2) is 10.6. The van der Waals surface area contributed by atoms with Crippen LogP contribution in [0.25, 0.3) is 0 Å². The maximum Gasteiger partial charge on any atom is 0.252 e. The predicted molar refractivity (Wildman–Crippen MR) is 131 cm³/mol. The lowest BCUT2D eigenvalue weighted by molar-refractivity contribution is -0.118. The molecule has 1 aliphatic rings. The fourth-order valence-electron chi connectivity index (χ4n) is 4.10. The van der Waals surface area contributed by atoms with Crippen molar-refractivity contribution in [3.05, 3.63) is 59.2 Å². The Morgan fingerprint density at radius 3 is 2.25 bits per heavy atom. The number of aryl methyl sites for hydroxylation is 2. The summed E-state index contributed by atoms with van der Waals surface area (Å²) in [5.41, 5.74) is 4.46. The molecule has 6 nitrogen and oxygen atoms in total. The molecule has 1 heterocycles. The van der Waals surface area contributed by atoms with Gasteiger partial charge in [0.15, 0.2) is 0 Å². The highest BCUT2D eigenvalue weighted by atomic mass is 16.2. The number of likely N-dealkylation sites (N-methyl/N-ethyl adjacent to an activating group) is 1. The second-order valence-corrected chi connectivity index (χ2v) is 8.92. The Kier molecular flexibility index (Phi) is 7.91. The number of hydrogen-bond acceptors (Lipinski definition) is 4. The van der Waals surface area contributed by atoms with E-state index in [1.165, 1.54) is 5.69 Å². The molecular weight excluding hydrogens is 400 g/mol. The lowest BCUT2D eigenvalue weighted by atomic mass is 10.0. The molecule has 6 heteroatoms. The van der Waals surface area contributed by atoms with Crippen molar-refractivity contribution in [3.63, 3.8) is 0 Å². The third-order valence-electron chi connectivity index (χ3n) is 6.28. The van der Waals surface area contributed by atoms with E-state index in [0.717, 1.165) is 49.5 Å². The standard InChI is InChI=1S/C26H36N4O2/c1-6-29-13-15-30(16-14-29)21-11-12-23(20(5)17-21)27-26(32)24(18(2)3)28-25(31)22-10-8-7-9-19(22)4/h7-12,17-18,24H,6,13-16H2,1-5H3,(H,27,32)(H,28,31). The van der Waals surface area contributed by atoms with Crippen LogP contribution in [0.15, 0.2) is 42.5 Å². The zero-order valence-electron chi connectivity index (χ0n) is 19.9. The number of hydrogen-bond donors (Lipinski definition) is 2. The van der Waals surface area contributed by atoms with E-state index in [4.69, 9.17) is 0 Å². The van der Waals surface area contributed by atoms with Gasteiger partial charge in [0.25, 0.3) is 5.91 Å². The van der Waals surface area contributed by atoms with Gasteiger partial charge in [0.05, 0.1) is 0 Å². The molecule has 2 aromatic carbocycles. The number of nitrogens with one attached hydrogen (secondary N) is 2. The molecule has 0 spiro atoms. The first kappa shape index (κ1) is 23.8. The Balaban J connectivity index is 1.67. The average Bonchev–Trinajstić information content (AvgIpc) is 2.78. The summed E-state index contributed by atoms with van der Waals surface area (Å²) >= 11 is 0. The van der Waals surface area contributed by atoms with Crippen LogP contribution >= 0.6 is 0 Å². The third kappa shape index (κ3) is 5.68. The number of carbonyl (C=O) groups excluding carboxylic acids is 2. The zero-order valence-corrected chi connectivity index (χ0v) is 19.9. The number of carbonyl (C=O) groups is 2. The minimum absolute atomic E-state index is 0.0441. The molecule has 2 aromatic rings. The molecule has 1 atom stereocenters. The maximum atomic E-state index is 13.1. The van der Waals surface area contributed by atoms with Gasteiger partial charge < -0.3 is 20.4 Å². The van der Waals surface area contributed by atoms with Gasteiger partial charge in [-0.1, -0.05) is 39.0 Å². The molecule has 1 unspecified atom stereocenters. The number of benzene rings is 2. The molecule has 0 radical (unpaired) electrons. The van der Waals surface area contributed by atoms with E-state index in [1.807, 2.05) is 52.0 Å². The third-order valence-corrected chi connectivity index (χ3v) is 6.28. The van der Waals surface area contributed by atoms with Gasteiger partial charge in [0, 0.05) is 43.1 Å². The first-order valence-corrected chi connectivity index (χ1v) is 11.6. The molecule has 3 rings (SSSR count). The number of piperazine rings is 1. The monoisotopic (exact) mass is 436 g/mol. The van der Waals surface area contributed by atoms with Crippen molar-refractivity contribution in [1.82, 2.24) is 10.2 Å². The lowest BCUT2D eigenvalue weighted by Crippen LogP contribution is -2.47. The van der Waals surface area contributed by atoms with Crippen LogP contribution < -0.4 is 15.5 Å². The van der Waals surface area contributed by atoms with Crippen molar-refractivity contribution in [3.8, 4) is 0 Å². The Morgan fingerprint density at radius 2 is 1.66 bits per heavy atom. The van der Waals surface area contributed by atoms with Crippen LogP contribution in [0.1, 0.15) is 42.3 Å². The predicted octanol–water partition coefficient (Wildman–Crippen LogP) is 3.84. The molecule has 0 aliphatic carbocycles. The summed E-state index contributed by atoms with van der Waals surface area (Å²) in [5.74, 6) is -0.470. The first-order valence-electron chi connectivity index (χ1n) is 11.6. The van der Waals surface area contributed by atoms with Gasteiger partial charge in [-0.2, -0.15) is 0 Å². The summed E-state index contributed by atoms with van der Waals surface area (Å²) in [4.78, 5) is 30.7. The minimum Gasteiger partial charge on any atom is -0.369 e. The van der Waals surface area contributed by atoms with Crippen LogP contribution in [0.5, 0.6) is 0 Å². The van der Waals surface area contributed by atoms with Gasteiger partial charge >= 0.3 is 0 Å². The van der Waals surface area contributed by atoms with E-state index in [2.05, 4.69) is 39.5 Å². The van der Waals surface area contributed by atoms with Gasteiger partial charge in [-0.05, 0) is 61.7 Å². The summed E-state index contributed by atoms with van der Waals surface area (Å²) < 4.78 is 0. The number of amides is 2. The minimum atomic E-state index is -0.622. The summed E-state index contributed by atoms with van der Waals surface area (Å²) in [7, 11) is 0. The number of nitrogens with zero attached hydrogens (tertiary/aromatic N) is 2. The molecular formula is C26H36N4O2. The van der Waals surface area contributed by atoms with E-state index in [1.54, 1.807) is 6.07 Å². The summed E-state index contributed by atoms with van der Waals surface area (Å²) in [6.45, 7) is 15.3. The molecule has 2 N–H and O–H groups in total. The molecule has 0 saturated carbocycles. The van der Waals surface area contributed by atoms with Gasteiger partial charge in [0.2, 0.25) is 5.91 Å². The van der Waals surface area contributed by atoms with Crippen LogP contribution in [-0.4, -0.2) is 55.5 Å². The van der Waals surface area contributed by atoms with Gasteiger partial charge in [0.1, 0.15) is 6.04 Å². The molecule has 1 saturated heterocycles. The number of rotatable bonds is 7. The fourth-order valence-corrected chi connectivity index (χ4v) is 4.10. The Hall–Kier alpha value is -2.86. The maximum absolute atomic E-state index is 13.1. The highest BCUT2D eigenvalue weighted by Gasteiger charge is 2.26. The van der Waals surface area contributed by atoms with E-state index in [9.17, 15) is 9.59 Å². The Bertz CT molecular complexity index is 949. The van der Waals surface area contributed by atoms with Crippen molar-refractivity contribution >= 4 is 23.2 Å². The van der Waals surface area contributed by atoms with Crippen molar-refractivity contribution in [2.24, 2.45) is 5.92 Å². The zero-order chi connectivity index (χ0) is 23.3. The van der Waals surface area contributed by atoms with Gasteiger partial charge in [-0.25, -0.2) is 0 Å². The Labute approximate surface area is 192 Å². The smallest absolute Gasteiger partial charge is 0.252 e. The molecule has 172 valence electrons. The Morgan fingerprint density at radius 1 is 0.969 bits per heavy atom. The van der Waals surface area contributed by atoms with E-state index < -0.39 is 6.04 Å². The SMILES string of the molecule is CCN1CCN(c2ccc(NC(=O)C(NC(=O)c3ccccc3C)C(C)C)c(C)c2)CC1. The normalized spacial score (nSPS) is 15.5. The summed E-state index contributed by atoms with van der Waals surface area (Å²) in [6, 6.07) is 13.0. The molecule has 0 aromatic heterocycles. The molecule has 1 fully saturated rings. The van der Waals surface area contributed by atoms with Crippen molar-refractivity contribution in [1.29, 1.82) is 0 Å². The largest absolute Gasteiger partial charge is 0.369 e. The van der Waals surface area contributed by atoms with E-state index in [-0.39, 0.29) is 17.7 Å². The lowest BCUT2D eigenvalue weighted by Gasteiger charge is -2.35. The van der Waals surface area contributed by atoms with Crippen LogP contribution in [-0.2, 0) is 4.79 Å². The molecule has 2 amide bonds. The topological polar surface area (TPSA) is 64.7 Å². The number of anilines is 2. The molecule has 32 heavy (non-hydrogen) atoms. The van der Waals surface area contributed by atoms with E-state index in [0.29, 0.717) is 5.56 Å². The highest BCUT2D eigenvalue weighted by molar-refractivity contribution is 6.02. The average molecular weight is 437 g/mol. The quantitative estimate of drug-likeness (QED) is 0.692. The summed E-state index contributed by atoms with van der Waals surface area (Å²) in [5, 5.41) is 5.95. The van der Waals surface area contributed by atoms with Gasteiger partial charge in [-0.3, -0.25) is 9.59 Å². The van der Waals surface area contributed by atoms with Crippen molar-refractivity contribution < 1.29 is 9.59 Å². The van der Waals surface area contributed by atoms with Crippen molar-refractivity contribution in [2.75, 3.05) is 42.9 Å². The highest BCUT2D eigenvalue weighted by Crippen LogP contribution is 2.24. The molecule has 1 aliphatic heterocycles. The van der Waals surface area contributed by atoms with Crippen LogP contribution in [0.2, 0.25) is 0 Å². The fraction of sp³-hybridized carbons (Fsp3) is 0.462. The van der Waals surface area contributed by atoms with Gasteiger partial charge in [-0.15, -0.1) is 0 Å². The summed E-state index contributed by atoms with van der Waals surface area (Å²) in [6.07, 6.45) is 0. The van der Waals surface area contributed by atoms with Crippen LogP contribution in [0.4, 0.5) is 11.4 Å². The molecule has 0 bridgehead atoms.